The molecule has 1 saturated carbocycles. The lowest BCUT2D eigenvalue weighted by molar-refractivity contribution is -0.126. The van der Waals surface area contributed by atoms with Crippen molar-refractivity contribution in [1.29, 1.82) is 0 Å². The van der Waals surface area contributed by atoms with Crippen LogP contribution >= 0.6 is 0 Å². The van der Waals surface area contributed by atoms with Crippen LogP contribution in [-0.4, -0.2) is 47.8 Å². The van der Waals surface area contributed by atoms with E-state index < -0.39 is 0 Å². The molecule has 0 radical (unpaired) electrons. The summed E-state index contributed by atoms with van der Waals surface area (Å²) in [5, 5.41) is 3.05. The number of hydrogen-bond acceptors (Lipinski definition) is 5. The maximum absolute atomic E-state index is 12.3. The number of imidazole rings is 1. The van der Waals surface area contributed by atoms with Gasteiger partial charge in [0.1, 0.15) is 0 Å². The molecule has 0 bridgehead atoms. The topological polar surface area (TPSA) is 85.4 Å². The average Bonchev–Trinajstić information content (AvgIpc) is 3.03. The largest absolute Gasteiger partial charge is 0.378 e. The van der Waals surface area contributed by atoms with Crippen LogP contribution in [-0.2, 0) is 9.53 Å². The van der Waals surface area contributed by atoms with Crippen molar-refractivity contribution in [2.75, 3.05) is 36.9 Å². The Morgan fingerprint density at radius 2 is 1.93 bits per heavy atom. The molecule has 2 aromatic rings. The molecule has 4 rings (SSSR count). The molecule has 2 aliphatic rings. The molecule has 7 nitrogen and oxygen atoms in total. The maximum Gasteiger partial charge on any atom is 0.223 e. The highest BCUT2D eigenvalue weighted by atomic mass is 16.5. The number of rotatable bonds is 4. The van der Waals surface area contributed by atoms with Gasteiger partial charge < -0.3 is 25.3 Å². The molecule has 1 saturated heterocycles. The highest BCUT2D eigenvalue weighted by Gasteiger charge is 2.29. The molecule has 1 aromatic carbocycles. The summed E-state index contributed by atoms with van der Waals surface area (Å²) >= 11 is 0. The van der Waals surface area contributed by atoms with Crippen LogP contribution in [0.2, 0.25) is 0 Å². The summed E-state index contributed by atoms with van der Waals surface area (Å²) < 4.78 is 7.66. The predicted octanol–water partition coefficient (Wildman–Crippen LogP) is 2.71. The molecule has 2 fully saturated rings. The van der Waals surface area contributed by atoms with Gasteiger partial charge >= 0.3 is 0 Å². The number of aromatic nitrogens is 2. The minimum Gasteiger partial charge on any atom is -0.378 e. The van der Waals surface area contributed by atoms with Crippen molar-refractivity contribution in [2.45, 2.75) is 51.6 Å². The van der Waals surface area contributed by atoms with E-state index in [1.165, 1.54) is 5.69 Å². The van der Waals surface area contributed by atoms with Gasteiger partial charge in [-0.2, -0.15) is 0 Å². The summed E-state index contributed by atoms with van der Waals surface area (Å²) in [5.74, 6) is 0.870. The second-order valence-electron chi connectivity index (χ2n) is 8.28. The van der Waals surface area contributed by atoms with Gasteiger partial charge in [0, 0.05) is 36.8 Å². The van der Waals surface area contributed by atoms with E-state index >= 15 is 0 Å². The molecule has 0 atom stereocenters. The fraction of sp³-hybridized carbons (Fsp3) is 0.619. The van der Waals surface area contributed by atoms with Crippen molar-refractivity contribution < 1.29 is 9.53 Å². The van der Waals surface area contributed by atoms with Gasteiger partial charge in [0.05, 0.1) is 24.2 Å². The molecule has 1 aliphatic carbocycles. The minimum absolute atomic E-state index is 0.110. The number of fused-ring (bicyclic) bond motifs is 1. The normalized spacial score (nSPS) is 23.3. The van der Waals surface area contributed by atoms with Crippen LogP contribution in [0.3, 0.4) is 0 Å². The summed E-state index contributed by atoms with van der Waals surface area (Å²) in [6.07, 6.45) is 3.69. The molecule has 1 aliphatic heterocycles. The SMILES string of the molecule is CC(C)NC(=O)C1CCC(n2c(N)nc3ccc(N4CCOCC4)cc32)CC1. The van der Waals surface area contributed by atoms with Crippen molar-refractivity contribution in [3.05, 3.63) is 18.2 Å². The summed E-state index contributed by atoms with van der Waals surface area (Å²) in [4.78, 5) is 19.3. The lowest BCUT2D eigenvalue weighted by Crippen LogP contribution is -2.37. The van der Waals surface area contributed by atoms with Crippen LogP contribution < -0.4 is 16.0 Å². The van der Waals surface area contributed by atoms with Crippen molar-refractivity contribution in [1.82, 2.24) is 14.9 Å². The van der Waals surface area contributed by atoms with Gasteiger partial charge in [-0.1, -0.05) is 0 Å². The number of nitrogens with one attached hydrogen (secondary N) is 1. The molecule has 0 spiro atoms. The van der Waals surface area contributed by atoms with E-state index in [1.54, 1.807) is 0 Å². The third kappa shape index (κ3) is 3.81. The summed E-state index contributed by atoms with van der Waals surface area (Å²) in [6.45, 7) is 7.36. The lowest BCUT2D eigenvalue weighted by Gasteiger charge is -2.31. The molecule has 0 unspecified atom stereocenters. The number of nitrogens with two attached hydrogens (primary N) is 1. The number of nitrogen functional groups attached to an aromatic ring is 1. The third-order valence-electron chi connectivity index (χ3n) is 5.94. The van der Waals surface area contributed by atoms with Gasteiger partial charge in [0.25, 0.3) is 0 Å². The quantitative estimate of drug-likeness (QED) is 0.845. The number of carbonyl (C=O) groups excluding carboxylic acids is 1. The Balaban J connectivity index is 1.53. The number of benzene rings is 1. The molecule has 3 N–H and O–H groups in total. The molecule has 2 heterocycles. The fourth-order valence-electron chi connectivity index (χ4n) is 4.50. The Morgan fingerprint density at radius 1 is 1.21 bits per heavy atom. The zero-order chi connectivity index (χ0) is 19.7. The summed E-state index contributed by atoms with van der Waals surface area (Å²) in [7, 11) is 0. The second-order valence-corrected chi connectivity index (χ2v) is 8.28. The second kappa shape index (κ2) is 7.99. The fourth-order valence-corrected chi connectivity index (χ4v) is 4.50. The van der Waals surface area contributed by atoms with E-state index in [0.717, 1.165) is 63.0 Å². The van der Waals surface area contributed by atoms with E-state index in [-0.39, 0.29) is 17.9 Å². The monoisotopic (exact) mass is 385 g/mol. The first-order valence-corrected chi connectivity index (χ1v) is 10.4. The molecule has 1 amide bonds. The van der Waals surface area contributed by atoms with Crippen LogP contribution in [0.1, 0.15) is 45.6 Å². The summed E-state index contributed by atoms with van der Waals surface area (Å²) in [6, 6.07) is 6.89. The number of carbonyl (C=O) groups is 1. The maximum atomic E-state index is 12.3. The zero-order valence-corrected chi connectivity index (χ0v) is 16.9. The Bertz CT molecular complexity index is 833. The first-order chi connectivity index (χ1) is 13.5. The van der Waals surface area contributed by atoms with Crippen molar-refractivity contribution in [3.8, 4) is 0 Å². The number of nitrogens with zero attached hydrogens (tertiary/aromatic N) is 3. The highest BCUT2D eigenvalue weighted by molar-refractivity contribution is 5.83. The van der Waals surface area contributed by atoms with E-state index in [2.05, 4.69) is 38.0 Å². The molecular formula is C21H31N5O2. The van der Waals surface area contributed by atoms with Crippen LogP contribution in [0, 0.1) is 5.92 Å². The number of ether oxygens (including phenoxy) is 1. The molecule has 7 heteroatoms. The Morgan fingerprint density at radius 3 is 2.61 bits per heavy atom. The van der Waals surface area contributed by atoms with Crippen LogP contribution in [0.25, 0.3) is 11.0 Å². The van der Waals surface area contributed by atoms with Gasteiger partial charge in [-0.3, -0.25) is 4.79 Å². The van der Waals surface area contributed by atoms with E-state index in [1.807, 2.05) is 13.8 Å². The highest BCUT2D eigenvalue weighted by Crippen LogP contribution is 2.37. The average molecular weight is 386 g/mol. The van der Waals surface area contributed by atoms with Gasteiger partial charge in [0.15, 0.2) is 0 Å². The number of amides is 1. The van der Waals surface area contributed by atoms with Gasteiger partial charge in [-0.25, -0.2) is 4.98 Å². The van der Waals surface area contributed by atoms with Gasteiger partial charge in [-0.05, 0) is 57.7 Å². The number of morpholine rings is 1. The molecule has 1 aromatic heterocycles. The minimum atomic E-state index is 0.110. The van der Waals surface area contributed by atoms with E-state index in [0.29, 0.717) is 12.0 Å². The smallest absolute Gasteiger partial charge is 0.223 e. The zero-order valence-electron chi connectivity index (χ0n) is 16.9. The summed E-state index contributed by atoms with van der Waals surface area (Å²) in [5.41, 5.74) is 9.54. The van der Waals surface area contributed by atoms with Gasteiger partial charge in [-0.15, -0.1) is 0 Å². The number of anilines is 2. The Kier molecular flexibility index (Phi) is 5.44. The van der Waals surface area contributed by atoms with Crippen molar-refractivity contribution in [3.63, 3.8) is 0 Å². The van der Waals surface area contributed by atoms with E-state index in [9.17, 15) is 4.79 Å². The molecular weight excluding hydrogens is 354 g/mol. The lowest BCUT2D eigenvalue weighted by atomic mass is 9.85. The van der Waals surface area contributed by atoms with Crippen LogP contribution in [0.4, 0.5) is 11.6 Å². The standard InChI is InChI=1S/C21H31N5O2/c1-14(2)23-20(27)15-3-5-16(6-4-15)26-19-13-17(25-9-11-28-12-10-25)7-8-18(19)24-21(26)22/h7-8,13-16H,3-6,9-12H2,1-2H3,(H2,22,24)(H,23,27). The third-order valence-corrected chi connectivity index (χ3v) is 5.94. The first-order valence-electron chi connectivity index (χ1n) is 10.4. The first kappa shape index (κ1) is 19.1. The molecule has 152 valence electrons. The number of hydrogen-bond donors (Lipinski definition) is 2. The van der Waals surface area contributed by atoms with Crippen LogP contribution in [0.15, 0.2) is 18.2 Å². The van der Waals surface area contributed by atoms with Gasteiger partial charge in [0.2, 0.25) is 11.9 Å². The van der Waals surface area contributed by atoms with Crippen molar-refractivity contribution in [2.24, 2.45) is 5.92 Å². The van der Waals surface area contributed by atoms with Crippen LogP contribution in [0.5, 0.6) is 0 Å². The van der Waals surface area contributed by atoms with Crippen molar-refractivity contribution >= 4 is 28.6 Å². The Hall–Kier alpha value is -2.28. The molecule has 28 heavy (non-hydrogen) atoms. The Labute approximate surface area is 166 Å². The predicted molar refractivity (Wildman–Crippen MR) is 111 cm³/mol. The van der Waals surface area contributed by atoms with E-state index in [4.69, 9.17) is 10.5 Å².